The average Bonchev–Trinajstić information content (AvgIpc) is 2.17. The van der Waals surface area contributed by atoms with E-state index in [1.165, 1.54) is 6.07 Å². The fourth-order valence-electron chi connectivity index (χ4n) is 1.37. The zero-order valence-corrected chi connectivity index (χ0v) is 9.37. The van der Waals surface area contributed by atoms with Crippen LogP contribution in [0.25, 0.3) is 0 Å². The van der Waals surface area contributed by atoms with Gasteiger partial charge in [-0.2, -0.15) is 0 Å². The van der Waals surface area contributed by atoms with Gasteiger partial charge in [0.05, 0.1) is 11.0 Å². The fraction of sp³-hybridized carbons (Fsp3) is 0.400. The minimum Gasteiger partial charge on any atom is -0.391 e. The van der Waals surface area contributed by atoms with Crippen LogP contribution in [-0.2, 0) is 16.3 Å². The molecule has 0 bridgehead atoms. The van der Waals surface area contributed by atoms with Crippen LogP contribution in [-0.4, -0.2) is 32.4 Å². The number of rotatable bonds is 4. The lowest BCUT2D eigenvalue weighted by molar-refractivity contribution is 0.182. The molecule has 0 aliphatic rings. The number of aliphatic hydroxyl groups excluding tert-OH is 1. The van der Waals surface area contributed by atoms with Crippen molar-refractivity contribution in [3.05, 3.63) is 29.8 Å². The molecule has 3 N–H and O–H groups in total. The topological polar surface area (TPSA) is 80.4 Å². The molecule has 1 unspecified atom stereocenters. The highest BCUT2D eigenvalue weighted by atomic mass is 32.2. The van der Waals surface area contributed by atoms with Gasteiger partial charge in [-0.25, -0.2) is 8.42 Å². The van der Waals surface area contributed by atoms with Crippen molar-refractivity contribution in [2.75, 3.05) is 12.8 Å². The molecule has 15 heavy (non-hydrogen) atoms. The molecular weight excluding hydrogens is 214 g/mol. The van der Waals surface area contributed by atoms with E-state index in [-0.39, 0.29) is 17.9 Å². The fourth-order valence-corrected chi connectivity index (χ4v) is 2.32. The van der Waals surface area contributed by atoms with E-state index in [1.807, 2.05) is 0 Å². The number of benzene rings is 1. The summed E-state index contributed by atoms with van der Waals surface area (Å²) < 4.78 is 22.8. The Morgan fingerprint density at radius 1 is 1.40 bits per heavy atom. The molecule has 1 aromatic rings. The highest BCUT2D eigenvalue weighted by Crippen LogP contribution is 2.16. The summed E-state index contributed by atoms with van der Waals surface area (Å²) in [5, 5.41) is 9.38. The van der Waals surface area contributed by atoms with Crippen molar-refractivity contribution in [3.63, 3.8) is 0 Å². The predicted molar refractivity (Wildman–Crippen MR) is 58.3 cm³/mol. The third-order valence-electron chi connectivity index (χ3n) is 2.10. The Morgan fingerprint density at radius 2 is 2.00 bits per heavy atom. The van der Waals surface area contributed by atoms with E-state index < -0.39 is 15.9 Å². The van der Waals surface area contributed by atoms with E-state index in [1.54, 1.807) is 18.2 Å². The summed E-state index contributed by atoms with van der Waals surface area (Å²) >= 11 is 0. The maximum atomic E-state index is 11.4. The summed E-state index contributed by atoms with van der Waals surface area (Å²) in [5.41, 5.74) is 5.89. The maximum absolute atomic E-state index is 11.4. The Bertz CT molecular complexity index is 428. The van der Waals surface area contributed by atoms with Gasteiger partial charge in [0.15, 0.2) is 9.84 Å². The summed E-state index contributed by atoms with van der Waals surface area (Å²) in [6, 6.07) is 6.63. The lowest BCUT2D eigenvalue weighted by Crippen LogP contribution is -2.22. The van der Waals surface area contributed by atoms with Crippen molar-refractivity contribution in [2.24, 2.45) is 5.73 Å². The highest BCUT2D eigenvalue weighted by molar-refractivity contribution is 7.90. The van der Waals surface area contributed by atoms with Crippen molar-refractivity contribution in [1.82, 2.24) is 0 Å². The van der Waals surface area contributed by atoms with Gasteiger partial charge in [-0.1, -0.05) is 18.2 Å². The van der Waals surface area contributed by atoms with Gasteiger partial charge in [0.25, 0.3) is 0 Å². The number of hydrogen-bond acceptors (Lipinski definition) is 4. The molecule has 0 aliphatic carbocycles. The minimum absolute atomic E-state index is 0.123. The molecule has 0 aliphatic heterocycles. The van der Waals surface area contributed by atoms with Crippen LogP contribution in [0.2, 0.25) is 0 Å². The first kappa shape index (κ1) is 12.2. The molecular formula is C10H15NO3S. The number of hydrogen-bond donors (Lipinski definition) is 2. The second-order valence-corrected chi connectivity index (χ2v) is 5.46. The maximum Gasteiger partial charge on any atom is 0.175 e. The van der Waals surface area contributed by atoms with Crippen molar-refractivity contribution < 1.29 is 13.5 Å². The van der Waals surface area contributed by atoms with E-state index >= 15 is 0 Å². The van der Waals surface area contributed by atoms with Crippen LogP contribution in [0.4, 0.5) is 0 Å². The molecule has 1 aromatic carbocycles. The Labute approximate surface area is 89.7 Å². The molecule has 84 valence electrons. The minimum atomic E-state index is -3.24. The Morgan fingerprint density at radius 3 is 2.53 bits per heavy atom. The Balaban J connectivity index is 3.08. The molecule has 0 saturated carbocycles. The lowest BCUT2D eigenvalue weighted by atomic mass is 10.1. The molecule has 0 saturated heterocycles. The first-order valence-corrected chi connectivity index (χ1v) is 6.50. The second kappa shape index (κ2) is 4.74. The van der Waals surface area contributed by atoms with Gasteiger partial charge < -0.3 is 10.8 Å². The van der Waals surface area contributed by atoms with Gasteiger partial charge in [-0.05, 0) is 11.6 Å². The zero-order valence-electron chi connectivity index (χ0n) is 8.55. The highest BCUT2D eigenvalue weighted by Gasteiger charge is 2.14. The number of aliphatic hydroxyl groups is 1. The van der Waals surface area contributed by atoms with Gasteiger partial charge in [0.2, 0.25) is 0 Å². The molecule has 0 spiro atoms. The van der Waals surface area contributed by atoms with Crippen LogP contribution in [0.5, 0.6) is 0 Å². The van der Waals surface area contributed by atoms with Gasteiger partial charge in [-0.15, -0.1) is 0 Å². The second-order valence-electron chi connectivity index (χ2n) is 3.47. The third-order valence-corrected chi connectivity index (χ3v) is 3.30. The van der Waals surface area contributed by atoms with Crippen molar-refractivity contribution in [3.8, 4) is 0 Å². The van der Waals surface area contributed by atoms with Crippen molar-refractivity contribution >= 4 is 9.84 Å². The summed E-state index contributed by atoms with van der Waals surface area (Å²) in [6.45, 7) is 0.123. The van der Waals surface area contributed by atoms with Gasteiger partial charge in [0, 0.05) is 19.2 Å². The van der Waals surface area contributed by atoms with Gasteiger partial charge >= 0.3 is 0 Å². The Hall–Kier alpha value is -0.910. The average molecular weight is 229 g/mol. The predicted octanol–water partition coefficient (Wildman–Crippen LogP) is -0.0478. The normalized spacial score (nSPS) is 13.8. The van der Waals surface area contributed by atoms with E-state index in [9.17, 15) is 13.5 Å². The van der Waals surface area contributed by atoms with Crippen LogP contribution in [0, 0.1) is 0 Å². The largest absolute Gasteiger partial charge is 0.391 e. The van der Waals surface area contributed by atoms with Gasteiger partial charge in [-0.3, -0.25) is 0 Å². The summed E-state index contributed by atoms with van der Waals surface area (Å²) in [6.07, 6.45) is 0.716. The first-order chi connectivity index (χ1) is 6.95. The standard InChI is InChI=1S/C10H15NO3S/c1-15(13,14)10-5-3-2-4-8(10)6-9(12)7-11/h2-5,9,12H,6-7,11H2,1H3. The quantitative estimate of drug-likeness (QED) is 0.758. The SMILES string of the molecule is CS(=O)(=O)c1ccccc1CC(O)CN. The van der Waals surface area contributed by atoms with Crippen molar-refractivity contribution in [1.29, 1.82) is 0 Å². The smallest absolute Gasteiger partial charge is 0.175 e. The van der Waals surface area contributed by atoms with Crippen LogP contribution in [0.15, 0.2) is 29.2 Å². The monoisotopic (exact) mass is 229 g/mol. The summed E-state index contributed by atoms with van der Waals surface area (Å²) in [4.78, 5) is 0.262. The first-order valence-electron chi connectivity index (χ1n) is 4.61. The zero-order chi connectivity index (χ0) is 11.5. The lowest BCUT2D eigenvalue weighted by Gasteiger charge is -2.11. The molecule has 0 amide bonds. The molecule has 0 heterocycles. The van der Waals surface area contributed by atoms with Gasteiger partial charge in [0.1, 0.15) is 0 Å². The van der Waals surface area contributed by atoms with E-state index in [2.05, 4.69) is 0 Å². The molecule has 5 heteroatoms. The third kappa shape index (κ3) is 3.30. The molecule has 1 atom stereocenters. The van der Waals surface area contributed by atoms with Crippen LogP contribution < -0.4 is 5.73 Å². The molecule has 0 fully saturated rings. The van der Waals surface area contributed by atoms with Crippen molar-refractivity contribution in [2.45, 2.75) is 17.4 Å². The van der Waals surface area contributed by atoms with Crippen LogP contribution >= 0.6 is 0 Å². The van der Waals surface area contributed by atoms with E-state index in [0.29, 0.717) is 5.56 Å². The molecule has 1 rings (SSSR count). The van der Waals surface area contributed by atoms with Crippen LogP contribution in [0.1, 0.15) is 5.56 Å². The molecule has 0 radical (unpaired) electrons. The van der Waals surface area contributed by atoms with Crippen LogP contribution in [0.3, 0.4) is 0 Å². The van der Waals surface area contributed by atoms with E-state index in [4.69, 9.17) is 5.73 Å². The molecule has 4 nitrogen and oxygen atoms in total. The molecule has 0 aromatic heterocycles. The Kier molecular flexibility index (Phi) is 3.84. The summed E-state index contributed by atoms with van der Waals surface area (Å²) in [5.74, 6) is 0. The summed E-state index contributed by atoms with van der Waals surface area (Å²) in [7, 11) is -3.24. The van der Waals surface area contributed by atoms with E-state index in [0.717, 1.165) is 6.26 Å². The number of sulfone groups is 1. The number of nitrogens with two attached hydrogens (primary N) is 1.